The molecule has 0 saturated heterocycles. The lowest BCUT2D eigenvalue weighted by Gasteiger charge is -2.10. The smallest absolute Gasteiger partial charge is 0.230 e. The number of anilines is 1. The minimum absolute atomic E-state index is 0.161. The van der Waals surface area contributed by atoms with Gasteiger partial charge in [-0.2, -0.15) is 5.26 Å². The highest BCUT2D eigenvalue weighted by Crippen LogP contribution is 2.37. The van der Waals surface area contributed by atoms with Gasteiger partial charge in [0.1, 0.15) is 11.1 Å². The van der Waals surface area contributed by atoms with Gasteiger partial charge in [0.15, 0.2) is 5.11 Å². The Morgan fingerprint density at radius 2 is 2.08 bits per heavy atom. The van der Waals surface area contributed by atoms with Gasteiger partial charge in [0.05, 0.1) is 12.0 Å². The molecule has 0 bridgehead atoms. The number of thiophene rings is 1. The van der Waals surface area contributed by atoms with E-state index >= 15 is 0 Å². The van der Waals surface area contributed by atoms with Crippen molar-refractivity contribution in [2.45, 2.75) is 39.0 Å². The Morgan fingerprint density at radius 3 is 2.84 bits per heavy atom. The zero-order chi connectivity index (χ0) is 17.8. The molecule has 4 nitrogen and oxygen atoms in total. The summed E-state index contributed by atoms with van der Waals surface area (Å²) in [5.74, 6) is -0.161. The van der Waals surface area contributed by atoms with Crippen molar-refractivity contribution >= 4 is 39.6 Å². The van der Waals surface area contributed by atoms with Crippen LogP contribution in [0.1, 0.15) is 40.0 Å². The van der Waals surface area contributed by atoms with Crippen LogP contribution in [0.15, 0.2) is 24.3 Å². The first kappa shape index (κ1) is 17.6. The molecular weight excluding hydrogens is 350 g/mol. The number of thiocarbonyl (C=S) groups is 1. The highest BCUT2D eigenvalue weighted by Gasteiger charge is 2.21. The summed E-state index contributed by atoms with van der Waals surface area (Å²) in [5, 5.41) is 16.2. The van der Waals surface area contributed by atoms with Gasteiger partial charge in [0, 0.05) is 4.88 Å². The molecule has 2 aromatic rings. The predicted octanol–water partition coefficient (Wildman–Crippen LogP) is 3.86. The molecule has 6 heteroatoms. The van der Waals surface area contributed by atoms with Gasteiger partial charge in [-0.15, -0.1) is 11.3 Å². The number of fused-ring (bicyclic) bond motifs is 1. The minimum Gasteiger partial charge on any atom is -0.323 e. The predicted molar refractivity (Wildman–Crippen MR) is 105 cm³/mol. The molecule has 3 rings (SSSR count). The highest BCUT2D eigenvalue weighted by atomic mass is 32.1. The second kappa shape index (κ2) is 7.77. The van der Waals surface area contributed by atoms with Crippen molar-refractivity contribution in [3.8, 4) is 6.07 Å². The molecule has 0 spiro atoms. The first-order chi connectivity index (χ1) is 12.1. The van der Waals surface area contributed by atoms with E-state index in [-0.39, 0.29) is 17.4 Å². The third kappa shape index (κ3) is 4.06. The van der Waals surface area contributed by atoms with Crippen LogP contribution in [0.3, 0.4) is 0 Å². The summed E-state index contributed by atoms with van der Waals surface area (Å²) in [7, 11) is 0. The molecule has 1 aromatic carbocycles. The number of carbonyl (C=O) groups is 1. The van der Waals surface area contributed by atoms with E-state index in [1.54, 1.807) is 11.3 Å². The van der Waals surface area contributed by atoms with Gasteiger partial charge in [-0.3, -0.25) is 4.79 Å². The molecule has 0 radical (unpaired) electrons. The van der Waals surface area contributed by atoms with E-state index in [0.29, 0.717) is 5.56 Å². The Balaban J connectivity index is 1.65. The van der Waals surface area contributed by atoms with Crippen LogP contribution in [0.2, 0.25) is 0 Å². The number of benzene rings is 1. The Labute approximate surface area is 156 Å². The monoisotopic (exact) mass is 369 g/mol. The van der Waals surface area contributed by atoms with Gasteiger partial charge >= 0.3 is 0 Å². The standard InChI is InChI=1S/C19H19N3OS2/c1-12-6-2-3-7-13(12)10-17(23)21-19(24)22-18-15(11-20)14-8-4-5-9-16(14)25-18/h2-3,6-7H,4-5,8-10H2,1H3,(H2,21,22,23,24). The molecule has 1 aliphatic carbocycles. The summed E-state index contributed by atoms with van der Waals surface area (Å²) in [5.41, 5.74) is 3.88. The van der Waals surface area contributed by atoms with Crippen molar-refractivity contribution in [3.63, 3.8) is 0 Å². The SMILES string of the molecule is Cc1ccccc1CC(=O)NC(=S)Nc1sc2c(c1C#N)CCCC2. The highest BCUT2D eigenvalue weighted by molar-refractivity contribution is 7.80. The average Bonchev–Trinajstić information content (AvgIpc) is 2.93. The number of nitrogens with one attached hydrogen (secondary N) is 2. The third-order valence-electron chi connectivity index (χ3n) is 4.38. The van der Waals surface area contributed by atoms with Crippen molar-refractivity contribution in [1.82, 2.24) is 5.32 Å². The molecule has 1 amide bonds. The summed E-state index contributed by atoms with van der Waals surface area (Å²) in [4.78, 5) is 13.5. The fraction of sp³-hybridized carbons (Fsp3) is 0.316. The fourth-order valence-electron chi connectivity index (χ4n) is 3.06. The molecule has 0 fully saturated rings. The number of hydrogen-bond donors (Lipinski definition) is 2. The Bertz CT molecular complexity index is 864. The van der Waals surface area contributed by atoms with Gasteiger partial charge < -0.3 is 10.6 Å². The Kier molecular flexibility index (Phi) is 5.47. The van der Waals surface area contributed by atoms with Crippen molar-refractivity contribution in [2.24, 2.45) is 0 Å². The lowest BCUT2D eigenvalue weighted by Crippen LogP contribution is -2.35. The van der Waals surface area contributed by atoms with Gasteiger partial charge in [-0.25, -0.2) is 0 Å². The van der Waals surface area contributed by atoms with Crippen molar-refractivity contribution in [3.05, 3.63) is 51.4 Å². The maximum absolute atomic E-state index is 12.2. The molecule has 1 aromatic heterocycles. The van der Waals surface area contributed by atoms with Crippen LogP contribution < -0.4 is 10.6 Å². The maximum Gasteiger partial charge on any atom is 0.230 e. The van der Waals surface area contributed by atoms with Crippen molar-refractivity contribution in [2.75, 3.05) is 5.32 Å². The lowest BCUT2D eigenvalue weighted by molar-refractivity contribution is -0.119. The lowest BCUT2D eigenvalue weighted by atomic mass is 9.96. The summed E-state index contributed by atoms with van der Waals surface area (Å²) in [6.45, 7) is 1.98. The largest absolute Gasteiger partial charge is 0.323 e. The van der Waals surface area contributed by atoms with Gasteiger partial charge in [0.2, 0.25) is 5.91 Å². The normalized spacial score (nSPS) is 12.8. The van der Waals surface area contributed by atoms with Crippen LogP contribution in [0.25, 0.3) is 0 Å². The Morgan fingerprint density at radius 1 is 1.32 bits per heavy atom. The van der Waals surface area contributed by atoms with Crippen LogP contribution in [0.4, 0.5) is 5.00 Å². The second-order valence-corrected chi connectivity index (χ2v) is 7.65. The molecule has 1 aliphatic rings. The number of amides is 1. The number of carbonyl (C=O) groups excluding carboxylic acids is 1. The average molecular weight is 370 g/mol. The molecule has 25 heavy (non-hydrogen) atoms. The topological polar surface area (TPSA) is 64.9 Å². The van der Waals surface area contributed by atoms with Gasteiger partial charge in [-0.05, 0) is 61.5 Å². The van der Waals surface area contributed by atoms with Crippen LogP contribution in [0, 0.1) is 18.3 Å². The molecular formula is C19H19N3OS2. The van der Waals surface area contributed by atoms with Crippen molar-refractivity contribution in [1.29, 1.82) is 5.26 Å². The van der Waals surface area contributed by atoms with E-state index in [2.05, 4.69) is 16.7 Å². The van der Waals surface area contributed by atoms with E-state index in [9.17, 15) is 10.1 Å². The van der Waals surface area contributed by atoms with Crippen molar-refractivity contribution < 1.29 is 4.79 Å². The summed E-state index contributed by atoms with van der Waals surface area (Å²) < 4.78 is 0. The number of rotatable bonds is 3. The zero-order valence-corrected chi connectivity index (χ0v) is 15.6. The summed E-state index contributed by atoms with van der Waals surface area (Å²) in [6, 6.07) is 10.1. The van der Waals surface area contributed by atoms with E-state index in [4.69, 9.17) is 12.2 Å². The fourth-order valence-corrected chi connectivity index (χ4v) is 4.58. The van der Waals surface area contributed by atoms with E-state index in [1.807, 2.05) is 31.2 Å². The minimum atomic E-state index is -0.161. The second-order valence-electron chi connectivity index (χ2n) is 6.13. The molecule has 1 heterocycles. The van der Waals surface area contributed by atoms with Crippen LogP contribution in [-0.4, -0.2) is 11.0 Å². The van der Waals surface area contributed by atoms with E-state index in [0.717, 1.165) is 47.4 Å². The maximum atomic E-state index is 12.2. The first-order valence-corrected chi connectivity index (χ1v) is 9.51. The van der Waals surface area contributed by atoms with E-state index < -0.39 is 0 Å². The molecule has 0 saturated carbocycles. The number of nitrogens with zero attached hydrogens (tertiary/aromatic N) is 1. The van der Waals surface area contributed by atoms with Crippen LogP contribution in [0.5, 0.6) is 0 Å². The molecule has 2 N–H and O–H groups in total. The number of aryl methyl sites for hydroxylation is 2. The molecule has 0 unspecified atom stereocenters. The molecule has 0 aliphatic heterocycles. The third-order valence-corrected chi connectivity index (χ3v) is 5.79. The number of hydrogen-bond acceptors (Lipinski definition) is 4. The van der Waals surface area contributed by atoms with Crippen LogP contribution in [-0.2, 0) is 24.1 Å². The van der Waals surface area contributed by atoms with Gasteiger partial charge in [-0.1, -0.05) is 24.3 Å². The molecule has 128 valence electrons. The summed E-state index contributed by atoms with van der Waals surface area (Å²) >= 11 is 6.84. The zero-order valence-electron chi connectivity index (χ0n) is 14.0. The first-order valence-electron chi connectivity index (χ1n) is 8.28. The van der Waals surface area contributed by atoms with E-state index in [1.165, 1.54) is 4.88 Å². The molecule has 0 atom stereocenters. The Hall–Kier alpha value is -2.23. The van der Waals surface area contributed by atoms with Crippen LogP contribution >= 0.6 is 23.6 Å². The van der Waals surface area contributed by atoms with Gasteiger partial charge in [0.25, 0.3) is 0 Å². The quantitative estimate of drug-likeness (QED) is 0.806. The summed E-state index contributed by atoms with van der Waals surface area (Å²) in [6.07, 6.45) is 4.52. The number of nitriles is 1.